The summed E-state index contributed by atoms with van der Waals surface area (Å²) in [6.07, 6.45) is 6.03. The molecular weight excluding hydrogens is 530 g/mol. The Hall–Kier alpha value is -3.72. The van der Waals surface area contributed by atoms with Gasteiger partial charge in [0, 0.05) is 49.2 Å². The predicted octanol–water partition coefficient (Wildman–Crippen LogP) is 5.48. The average molecular weight is 572 g/mol. The Bertz CT molecular complexity index is 1370. The van der Waals surface area contributed by atoms with Crippen molar-refractivity contribution >= 4 is 28.7 Å². The van der Waals surface area contributed by atoms with E-state index in [2.05, 4.69) is 29.5 Å². The summed E-state index contributed by atoms with van der Waals surface area (Å²) < 4.78 is 11.7. The van der Waals surface area contributed by atoms with Crippen molar-refractivity contribution in [2.45, 2.75) is 64.3 Å². The Kier molecular flexibility index (Phi) is 10.2. The molecule has 0 spiro atoms. The van der Waals surface area contributed by atoms with Gasteiger partial charge in [-0.25, -0.2) is 10.3 Å². The summed E-state index contributed by atoms with van der Waals surface area (Å²) >= 11 is 0. The number of hydroxylamine groups is 1. The van der Waals surface area contributed by atoms with E-state index in [1.54, 1.807) is 12.1 Å². The molecule has 2 heterocycles. The predicted molar refractivity (Wildman–Crippen MR) is 164 cm³/mol. The molecule has 0 radical (unpaired) electrons. The van der Waals surface area contributed by atoms with E-state index in [4.69, 9.17) is 14.3 Å². The number of carbonyl (C=O) groups excluding carboxylic acids is 2. The van der Waals surface area contributed by atoms with Crippen LogP contribution >= 0.6 is 0 Å². The molecule has 2 amide bonds. The number of hydrogen-bond acceptors (Lipinski definition) is 6. The van der Waals surface area contributed by atoms with Crippen molar-refractivity contribution in [3.63, 3.8) is 0 Å². The van der Waals surface area contributed by atoms with Crippen LogP contribution in [0.4, 0.5) is 0 Å². The van der Waals surface area contributed by atoms with E-state index in [-0.39, 0.29) is 24.5 Å². The van der Waals surface area contributed by atoms with Gasteiger partial charge in [-0.3, -0.25) is 9.59 Å². The minimum atomic E-state index is -0.412. The van der Waals surface area contributed by atoms with Gasteiger partial charge in [-0.1, -0.05) is 48.5 Å². The maximum Gasteiger partial charge on any atom is 0.274 e. The highest BCUT2D eigenvalue weighted by molar-refractivity contribution is 5.99. The minimum Gasteiger partial charge on any atom is -0.488 e. The summed E-state index contributed by atoms with van der Waals surface area (Å²) in [7, 11) is 0. The monoisotopic (exact) mass is 571 g/mol. The molecule has 2 N–H and O–H groups in total. The number of nitrogens with zero attached hydrogens (tertiary/aromatic N) is 1. The Morgan fingerprint density at radius 2 is 1.74 bits per heavy atom. The maximum atomic E-state index is 13.6. The number of likely N-dealkylation sites (tertiary alicyclic amines) is 1. The van der Waals surface area contributed by atoms with Gasteiger partial charge in [-0.2, -0.15) is 0 Å². The summed E-state index contributed by atoms with van der Waals surface area (Å²) in [6.45, 7) is 7.10. The molecule has 42 heavy (non-hydrogen) atoms. The molecule has 0 bridgehead atoms. The highest BCUT2D eigenvalue weighted by Crippen LogP contribution is 2.26. The summed E-state index contributed by atoms with van der Waals surface area (Å²) in [4.78, 5) is 34.0. The molecule has 1 atom stereocenters. The lowest BCUT2D eigenvalue weighted by molar-refractivity contribution is -0.186. The van der Waals surface area contributed by atoms with Crippen molar-refractivity contribution < 1.29 is 23.9 Å². The third-order valence-electron chi connectivity index (χ3n) is 7.95. The summed E-state index contributed by atoms with van der Waals surface area (Å²) in [5, 5.41) is 5.32. The van der Waals surface area contributed by atoms with Gasteiger partial charge in [-0.05, 0) is 74.8 Å². The number of benzene rings is 3. The van der Waals surface area contributed by atoms with Crippen LogP contribution < -0.4 is 15.5 Å². The number of nitrogens with one attached hydrogen (secondary N) is 2. The number of ether oxygens (including phenoxy) is 2. The van der Waals surface area contributed by atoms with Crippen LogP contribution in [-0.2, 0) is 14.4 Å². The number of fused-ring (bicyclic) bond motifs is 1. The van der Waals surface area contributed by atoms with E-state index in [0.717, 1.165) is 67.3 Å². The molecule has 5 rings (SSSR count). The second kappa shape index (κ2) is 14.4. The van der Waals surface area contributed by atoms with E-state index in [1.165, 1.54) is 0 Å². The smallest absolute Gasteiger partial charge is 0.274 e. The van der Waals surface area contributed by atoms with Gasteiger partial charge in [0.25, 0.3) is 11.8 Å². The second-order valence-electron chi connectivity index (χ2n) is 11.3. The number of rotatable bonds is 10. The lowest BCUT2D eigenvalue weighted by Crippen LogP contribution is -2.47. The number of hydrogen-bond donors (Lipinski definition) is 2. The molecule has 8 heteroatoms. The molecule has 2 fully saturated rings. The van der Waals surface area contributed by atoms with Gasteiger partial charge in [0.15, 0.2) is 6.29 Å². The van der Waals surface area contributed by atoms with E-state index in [0.29, 0.717) is 23.8 Å². The van der Waals surface area contributed by atoms with Crippen molar-refractivity contribution in [3.8, 4) is 5.75 Å². The van der Waals surface area contributed by atoms with E-state index < -0.39 is 6.29 Å². The Labute approximate surface area is 248 Å². The average Bonchev–Trinajstić information content (AvgIpc) is 3.03. The molecule has 0 aromatic heterocycles. The number of carbonyl (C=O) groups is 2. The highest BCUT2D eigenvalue weighted by Gasteiger charge is 2.24. The minimum absolute atomic E-state index is 0.113. The van der Waals surface area contributed by atoms with Gasteiger partial charge in [0.1, 0.15) is 12.4 Å². The van der Waals surface area contributed by atoms with Gasteiger partial charge in [0.2, 0.25) is 0 Å². The Balaban J connectivity index is 1.28. The molecule has 0 aliphatic carbocycles. The molecule has 0 saturated carbocycles. The van der Waals surface area contributed by atoms with Crippen LogP contribution in [0.25, 0.3) is 16.8 Å². The first-order valence-electron chi connectivity index (χ1n) is 15.0. The zero-order chi connectivity index (χ0) is 29.3. The zero-order valence-electron chi connectivity index (χ0n) is 24.5. The first kappa shape index (κ1) is 29.8. The lowest BCUT2D eigenvalue weighted by atomic mass is 10.0. The molecule has 2 saturated heterocycles. The van der Waals surface area contributed by atoms with Crippen molar-refractivity contribution in [2.75, 3.05) is 26.3 Å². The molecule has 2 aliphatic heterocycles. The Morgan fingerprint density at radius 3 is 2.48 bits per heavy atom. The fraction of sp³-hybridized carbons (Fsp3) is 0.412. The molecule has 222 valence electrons. The van der Waals surface area contributed by atoms with Gasteiger partial charge in [-0.15, -0.1) is 0 Å². The van der Waals surface area contributed by atoms with Gasteiger partial charge >= 0.3 is 0 Å². The van der Waals surface area contributed by atoms with Gasteiger partial charge in [0.05, 0.1) is 5.57 Å². The number of piperidine rings is 1. The Morgan fingerprint density at radius 1 is 0.976 bits per heavy atom. The van der Waals surface area contributed by atoms with Crippen LogP contribution in [0.1, 0.15) is 61.9 Å². The molecule has 2 aliphatic rings. The standard InChI is InChI=1S/C34H41N3O5/c1-24(2)37-19-17-29(18-20-37)35-33(38)28(23-41-31-11-7-9-26-8-3-4-10-30(26)31)22-25-13-15-27(16-14-25)34(39)36-42-32-12-5-6-21-40-32/h3-4,7-11,13-16,22,24,29,32H,5-6,12,17-21,23H2,1-2H3,(H,35,38)(H,36,39). The van der Waals surface area contributed by atoms with Gasteiger partial charge < -0.3 is 19.7 Å². The van der Waals surface area contributed by atoms with Crippen LogP contribution in [0.2, 0.25) is 0 Å². The normalized spacial score (nSPS) is 18.6. The van der Waals surface area contributed by atoms with Crippen LogP contribution in [0, 0.1) is 0 Å². The molecule has 1 unspecified atom stereocenters. The zero-order valence-corrected chi connectivity index (χ0v) is 24.5. The largest absolute Gasteiger partial charge is 0.488 e. The van der Waals surface area contributed by atoms with E-state index in [1.807, 2.05) is 60.7 Å². The summed E-state index contributed by atoms with van der Waals surface area (Å²) in [5.41, 5.74) is 4.26. The third-order valence-corrected chi connectivity index (χ3v) is 7.95. The number of amides is 2. The molecule has 3 aromatic carbocycles. The fourth-order valence-corrected chi connectivity index (χ4v) is 5.40. The van der Waals surface area contributed by atoms with Crippen molar-refractivity contribution in [2.24, 2.45) is 0 Å². The quantitative estimate of drug-likeness (QED) is 0.248. The first-order valence-corrected chi connectivity index (χ1v) is 15.0. The fourth-order valence-electron chi connectivity index (χ4n) is 5.40. The SMILES string of the molecule is CC(C)N1CCC(NC(=O)C(=Cc2ccc(C(=O)NOC3CCCCO3)cc2)COc2cccc3ccccc23)CC1. The van der Waals surface area contributed by atoms with Crippen molar-refractivity contribution in [1.29, 1.82) is 0 Å². The van der Waals surface area contributed by atoms with Crippen LogP contribution in [-0.4, -0.2) is 61.4 Å². The third kappa shape index (κ3) is 7.97. The lowest BCUT2D eigenvalue weighted by Gasteiger charge is -2.35. The topological polar surface area (TPSA) is 89.1 Å². The first-order chi connectivity index (χ1) is 20.5. The highest BCUT2D eigenvalue weighted by atomic mass is 16.8. The van der Waals surface area contributed by atoms with E-state index >= 15 is 0 Å². The van der Waals surface area contributed by atoms with Crippen LogP contribution in [0.3, 0.4) is 0 Å². The summed E-state index contributed by atoms with van der Waals surface area (Å²) in [5.74, 6) is 0.247. The van der Waals surface area contributed by atoms with E-state index in [9.17, 15) is 9.59 Å². The van der Waals surface area contributed by atoms with Crippen molar-refractivity contribution in [1.82, 2.24) is 15.7 Å². The summed E-state index contributed by atoms with van der Waals surface area (Å²) in [6, 6.07) is 21.6. The molecular formula is C34H41N3O5. The second-order valence-corrected chi connectivity index (χ2v) is 11.3. The van der Waals surface area contributed by atoms with Crippen molar-refractivity contribution in [3.05, 3.63) is 83.4 Å². The molecule has 3 aromatic rings. The van der Waals surface area contributed by atoms with Crippen LogP contribution in [0.15, 0.2) is 72.3 Å². The van der Waals surface area contributed by atoms with Crippen LogP contribution in [0.5, 0.6) is 5.75 Å². The molecule has 8 nitrogen and oxygen atoms in total. The maximum absolute atomic E-state index is 13.6.